The number of piperidine rings is 1. The van der Waals surface area contributed by atoms with Gasteiger partial charge in [0.25, 0.3) is 0 Å². The number of hydrogen-bond donors (Lipinski definition) is 2. The van der Waals surface area contributed by atoms with Gasteiger partial charge in [-0.3, -0.25) is 4.99 Å². The van der Waals surface area contributed by atoms with E-state index in [0.29, 0.717) is 5.92 Å². The molecule has 1 unspecified atom stereocenters. The number of thiophene rings is 1. The molecule has 0 aliphatic carbocycles. The van der Waals surface area contributed by atoms with E-state index in [0.717, 1.165) is 25.0 Å². The fraction of sp³-hybridized carbons (Fsp3) is 0.722. The summed E-state index contributed by atoms with van der Waals surface area (Å²) in [5, 5.41) is 9.11. The van der Waals surface area contributed by atoms with Crippen molar-refractivity contribution in [2.75, 3.05) is 39.8 Å². The van der Waals surface area contributed by atoms with E-state index in [1.807, 2.05) is 18.4 Å². The molecule has 1 fully saturated rings. The van der Waals surface area contributed by atoms with Crippen molar-refractivity contribution >= 4 is 17.3 Å². The minimum Gasteiger partial charge on any atom is -0.356 e. The molecule has 0 amide bonds. The van der Waals surface area contributed by atoms with Gasteiger partial charge in [-0.15, -0.1) is 11.3 Å². The second-order valence-electron chi connectivity index (χ2n) is 6.54. The van der Waals surface area contributed by atoms with Crippen LogP contribution in [-0.4, -0.2) is 50.6 Å². The van der Waals surface area contributed by atoms with Crippen LogP contribution in [-0.2, 0) is 0 Å². The molecule has 23 heavy (non-hydrogen) atoms. The molecule has 0 aromatic carbocycles. The summed E-state index contributed by atoms with van der Waals surface area (Å²) >= 11 is 1.83. The zero-order chi connectivity index (χ0) is 16.5. The SMILES string of the molecule is CCCN1CCC(CNC(=NC)NCC(C)c2cccs2)CC1. The molecule has 0 spiro atoms. The van der Waals surface area contributed by atoms with Gasteiger partial charge in [0.1, 0.15) is 0 Å². The van der Waals surface area contributed by atoms with Gasteiger partial charge in [0.2, 0.25) is 0 Å². The van der Waals surface area contributed by atoms with E-state index in [9.17, 15) is 0 Å². The fourth-order valence-electron chi connectivity index (χ4n) is 3.11. The van der Waals surface area contributed by atoms with Crippen molar-refractivity contribution in [3.05, 3.63) is 22.4 Å². The Morgan fingerprint density at radius 2 is 2.17 bits per heavy atom. The standard InChI is InChI=1S/C18H32N4S/c1-4-9-22-10-7-16(8-11-22)14-21-18(19-3)20-13-15(2)17-6-5-12-23-17/h5-6,12,15-16H,4,7-11,13-14H2,1-3H3,(H2,19,20,21). The van der Waals surface area contributed by atoms with Crippen LogP contribution in [0.2, 0.25) is 0 Å². The molecule has 0 radical (unpaired) electrons. The molecule has 2 N–H and O–H groups in total. The van der Waals surface area contributed by atoms with Gasteiger partial charge in [0.05, 0.1) is 0 Å². The molecule has 1 aromatic rings. The number of aliphatic imine (C=N–C) groups is 1. The first-order chi connectivity index (χ1) is 11.2. The molecule has 1 aliphatic heterocycles. The first-order valence-corrected chi connectivity index (χ1v) is 9.81. The van der Waals surface area contributed by atoms with Crippen molar-refractivity contribution < 1.29 is 0 Å². The normalized spacial score (nSPS) is 18.8. The first kappa shape index (κ1) is 18.3. The molecular weight excluding hydrogens is 304 g/mol. The number of rotatable bonds is 7. The summed E-state index contributed by atoms with van der Waals surface area (Å²) in [5.41, 5.74) is 0. The number of hydrogen-bond acceptors (Lipinski definition) is 3. The van der Waals surface area contributed by atoms with E-state index in [1.54, 1.807) is 0 Å². The summed E-state index contributed by atoms with van der Waals surface area (Å²) in [6.07, 6.45) is 3.87. The van der Waals surface area contributed by atoms with Gasteiger partial charge >= 0.3 is 0 Å². The second-order valence-corrected chi connectivity index (χ2v) is 7.51. The third-order valence-corrected chi connectivity index (χ3v) is 5.74. The minimum absolute atomic E-state index is 0.519. The van der Waals surface area contributed by atoms with E-state index in [-0.39, 0.29) is 0 Å². The molecule has 1 aliphatic rings. The number of nitrogens with one attached hydrogen (secondary N) is 2. The molecule has 1 atom stereocenters. The van der Waals surface area contributed by atoms with Crippen LogP contribution in [0.4, 0.5) is 0 Å². The molecule has 130 valence electrons. The Morgan fingerprint density at radius 3 is 2.78 bits per heavy atom. The average molecular weight is 337 g/mol. The number of nitrogens with zero attached hydrogens (tertiary/aromatic N) is 2. The lowest BCUT2D eigenvalue weighted by Gasteiger charge is -2.32. The van der Waals surface area contributed by atoms with Crippen LogP contribution in [0.3, 0.4) is 0 Å². The lowest BCUT2D eigenvalue weighted by Crippen LogP contribution is -2.43. The highest BCUT2D eigenvalue weighted by Gasteiger charge is 2.18. The Labute approximate surface area is 145 Å². The highest BCUT2D eigenvalue weighted by atomic mass is 32.1. The maximum Gasteiger partial charge on any atom is 0.191 e. The monoisotopic (exact) mass is 336 g/mol. The van der Waals surface area contributed by atoms with Crippen LogP contribution in [0.25, 0.3) is 0 Å². The average Bonchev–Trinajstić information content (AvgIpc) is 3.11. The van der Waals surface area contributed by atoms with E-state index in [1.165, 1.54) is 43.8 Å². The van der Waals surface area contributed by atoms with Crippen LogP contribution >= 0.6 is 11.3 Å². The van der Waals surface area contributed by atoms with E-state index in [2.05, 4.69) is 51.9 Å². The molecular formula is C18H32N4S. The van der Waals surface area contributed by atoms with Crippen molar-refractivity contribution in [1.82, 2.24) is 15.5 Å². The zero-order valence-corrected chi connectivity index (χ0v) is 15.7. The second kappa shape index (κ2) is 9.93. The lowest BCUT2D eigenvalue weighted by atomic mass is 9.97. The van der Waals surface area contributed by atoms with Gasteiger partial charge in [0.15, 0.2) is 5.96 Å². The Balaban J connectivity index is 1.65. The summed E-state index contributed by atoms with van der Waals surface area (Å²) in [6, 6.07) is 4.33. The Morgan fingerprint density at radius 1 is 1.39 bits per heavy atom. The van der Waals surface area contributed by atoms with Gasteiger partial charge in [-0.05, 0) is 56.3 Å². The van der Waals surface area contributed by atoms with Crippen molar-refractivity contribution in [2.45, 2.75) is 39.0 Å². The topological polar surface area (TPSA) is 39.7 Å². The van der Waals surface area contributed by atoms with Crippen LogP contribution in [0.5, 0.6) is 0 Å². The van der Waals surface area contributed by atoms with Crippen LogP contribution in [0.15, 0.2) is 22.5 Å². The maximum absolute atomic E-state index is 4.36. The van der Waals surface area contributed by atoms with E-state index >= 15 is 0 Å². The Kier molecular flexibility index (Phi) is 7.89. The predicted octanol–water partition coefficient (Wildman–Crippen LogP) is 3.14. The van der Waals surface area contributed by atoms with Crippen LogP contribution in [0, 0.1) is 5.92 Å². The summed E-state index contributed by atoms with van der Waals surface area (Å²) in [4.78, 5) is 8.37. The third-order valence-electron chi connectivity index (χ3n) is 4.63. The molecule has 2 rings (SSSR count). The molecule has 0 bridgehead atoms. The largest absolute Gasteiger partial charge is 0.356 e. The highest BCUT2D eigenvalue weighted by Crippen LogP contribution is 2.19. The summed E-state index contributed by atoms with van der Waals surface area (Å²) < 4.78 is 0. The molecule has 5 heteroatoms. The Hall–Kier alpha value is -1.07. The summed E-state index contributed by atoms with van der Waals surface area (Å²) in [5.74, 6) is 2.23. The zero-order valence-electron chi connectivity index (χ0n) is 14.8. The first-order valence-electron chi connectivity index (χ1n) is 8.93. The van der Waals surface area contributed by atoms with Crippen molar-refractivity contribution in [1.29, 1.82) is 0 Å². The Bertz CT molecular complexity index is 450. The summed E-state index contributed by atoms with van der Waals surface area (Å²) in [6.45, 7) is 10.2. The van der Waals surface area contributed by atoms with Crippen molar-refractivity contribution in [2.24, 2.45) is 10.9 Å². The van der Waals surface area contributed by atoms with Crippen molar-refractivity contribution in [3.8, 4) is 0 Å². The predicted molar refractivity (Wildman–Crippen MR) is 102 cm³/mol. The maximum atomic E-state index is 4.36. The molecule has 1 aromatic heterocycles. The van der Waals surface area contributed by atoms with Gasteiger partial charge in [0, 0.05) is 30.9 Å². The smallest absolute Gasteiger partial charge is 0.191 e. The lowest BCUT2D eigenvalue weighted by molar-refractivity contribution is 0.185. The highest BCUT2D eigenvalue weighted by molar-refractivity contribution is 7.10. The van der Waals surface area contributed by atoms with Gasteiger partial charge in [-0.1, -0.05) is 19.9 Å². The minimum atomic E-state index is 0.519. The van der Waals surface area contributed by atoms with Gasteiger partial charge in [-0.25, -0.2) is 0 Å². The number of likely N-dealkylation sites (tertiary alicyclic amines) is 1. The molecule has 4 nitrogen and oxygen atoms in total. The third kappa shape index (κ3) is 6.15. The fourth-order valence-corrected chi connectivity index (χ4v) is 3.90. The van der Waals surface area contributed by atoms with E-state index < -0.39 is 0 Å². The van der Waals surface area contributed by atoms with Crippen molar-refractivity contribution in [3.63, 3.8) is 0 Å². The van der Waals surface area contributed by atoms with Crippen LogP contribution in [0.1, 0.15) is 43.9 Å². The van der Waals surface area contributed by atoms with Crippen LogP contribution < -0.4 is 10.6 Å². The summed E-state index contributed by atoms with van der Waals surface area (Å²) in [7, 11) is 1.86. The number of guanidine groups is 1. The van der Waals surface area contributed by atoms with E-state index in [4.69, 9.17) is 0 Å². The molecule has 0 saturated carbocycles. The quantitative estimate of drug-likeness (QED) is 0.593. The van der Waals surface area contributed by atoms with Gasteiger partial charge in [-0.2, -0.15) is 0 Å². The molecule has 2 heterocycles. The van der Waals surface area contributed by atoms with Gasteiger partial charge < -0.3 is 15.5 Å². The molecule has 1 saturated heterocycles.